The van der Waals surface area contributed by atoms with Crippen LogP contribution in [0.2, 0.25) is 0 Å². The second-order valence-electron chi connectivity index (χ2n) is 4.34. The average Bonchev–Trinajstić information content (AvgIpc) is 2.70. The fraction of sp³-hybridized carbons (Fsp3) is 0.308. The standard InChI is InChI=1S/C13H16N4O2/c1-9-13(10(2)16-15-9)14-11(18)6-8-17-7-4-3-5-12(17)19/h3-5,7H,6,8H2,1-2H3,(H,14,18)(H,15,16). The number of amides is 1. The highest BCUT2D eigenvalue weighted by molar-refractivity contribution is 5.91. The first kappa shape index (κ1) is 13.1. The number of aromatic nitrogens is 3. The van der Waals surface area contributed by atoms with Crippen LogP contribution in [0.15, 0.2) is 29.2 Å². The molecule has 0 saturated carbocycles. The van der Waals surface area contributed by atoms with E-state index in [-0.39, 0.29) is 17.9 Å². The van der Waals surface area contributed by atoms with Gasteiger partial charge in [0.2, 0.25) is 5.91 Å². The molecule has 0 fully saturated rings. The molecule has 0 aliphatic heterocycles. The number of pyridine rings is 1. The predicted octanol–water partition coefficient (Wildman–Crippen LogP) is 1.22. The van der Waals surface area contributed by atoms with Gasteiger partial charge in [0.1, 0.15) is 0 Å². The Kier molecular flexibility index (Phi) is 3.79. The highest BCUT2D eigenvalue weighted by Crippen LogP contribution is 2.16. The third kappa shape index (κ3) is 3.09. The molecule has 2 aromatic rings. The molecule has 2 rings (SSSR count). The SMILES string of the molecule is Cc1n[nH]c(C)c1NC(=O)CCn1ccccc1=O. The van der Waals surface area contributed by atoms with Crippen molar-refractivity contribution in [3.63, 3.8) is 0 Å². The van der Waals surface area contributed by atoms with Gasteiger partial charge < -0.3 is 9.88 Å². The van der Waals surface area contributed by atoms with Gasteiger partial charge in [-0.25, -0.2) is 0 Å². The molecule has 0 unspecified atom stereocenters. The van der Waals surface area contributed by atoms with Crippen LogP contribution in [0, 0.1) is 13.8 Å². The second-order valence-corrected chi connectivity index (χ2v) is 4.34. The van der Waals surface area contributed by atoms with Crippen LogP contribution >= 0.6 is 0 Å². The van der Waals surface area contributed by atoms with Crippen molar-refractivity contribution in [2.45, 2.75) is 26.8 Å². The number of anilines is 1. The molecule has 0 radical (unpaired) electrons. The summed E-state index contributed by atoms with van der Waals surface area (Å²) < 4.78 is 1.51. The Bertz CT molecular complexity index is 623. The van der Waals surface area contributed by atoms with E-state index in [1.54, 1.807) is 18.3 Å². The van der Waals surface area contributed by atoms with E-state index in [9.17, 15) is 9.59 Å². The minimum atomic E-state index is -0.136. The van der Waals surface area contributed by atoms with Crippen molar-refractivity contribution >= 4 is 11.6 Å². The zero-order valence-corrected chi connectivity index (χ0v) is 10.9. The first-order chi connectivity index (χ1) is 9.08. The molecular weight excluding hydrogens is 244 g/mol. The molecule has 0 aromatic carbocycles. The zero-order chi connectivity index (χ0) is 13.8. The van der Waals surface area contributed by atoms with E-state index >= 15 is 0 Å². The summed E-state index contributed by atoms with van der Waals surface area (Å²) in [7, 11) is 0. The number of carbonyl (C=O) groups excluding carboxylic acids is 1. The third-order valence-electron chi connectivity index (χ3n) is 2.87. The molecule has 6 heteroatoms. The van der Waals surface area contributed by atoms with Gasteiger partial charge in [-0.1, -0.05) is 6.07 Å². The molecule has 2 aromatic heterocycles. The number of carbonyl (C=O) groups is 1. The molecule has 19 heavy (non-hydrogen) atoms. The molecule has 0 spiro atoms. The fourth-order valence-corrected chi connectivity index (χ4v) is 1.80. The van der Waals surface area contributed by atoms with Crippen molar-refractivity contribution in [2.75, 3.05) is 5.32 Å². The van der Waals surface area contributed by atoms with E-state index in [1.807, 2.05) is 13.8 Å². The van der Waals surface area contributed by atoms with Crippen molar-refractivity contribution in [2.24, 2.45) is 0 Å². The lowest BCUT2D eigenvalue weighted by molar-refractivity contribution is -0.116. The predicted molar refractivity (Wildman–Crippen MR) is 72.0 cm³/mol. The average molecular weight is 260 g/mol. The topological polar surface area (TPSA) is 79.8 Å². The first-order valence-corrected chi connectivity index (χ1v) is 6.05. The fourth-order valence-electron chi connectivity index (χ4n) is 1.80. The lowest BCUT2D eigenvalue weighted by Crippen LogP contribution is -2.22. The molecule has 6 nitrogen and oxygen atoms in total. The summed E-state index contributed by atoms with van der Waals surface area (Å²) in [4.78, 5) is 23.3. The lowest BCUT2D eigenvalue weighted by Gasteiger charge is -2.06. The molecule has 100 valence electrons. The van der Waals surface area contributed by atoms with Crippen molar-refractivity contribution in [3.8, 4) is 0 Å². The van der Waals surface area contributed by atoms with E-state index in [1.165, 1.54) is 10.6 Å². The molecule has 0 aliphatic carbocycles. The minimum absolute atomic E-state index is 0.106. The van der Waals surface area contributed by atoms with Gasteiger partial charge in [-0.05, 0) is 19.9 Å². The Morgan fingerprint density at radius 2 is 2.21 bits per heavy atom. The van der Waals surface area contributed by atoms with E-state index in [0.717, 1.165) is 11.4 Å². The monoisotopic (exact) mass is 260 g/mol. The smallest absolute Gasteiger partial charge is 0.250 e. The maximum atomic E-state index is 11.8. The third-order valence-corrected chi connectivity index (χ3v) is 2.87. The lowest BCUT2D eigenvalue weighted by atomic mass is 10.3. The Labute approximate surface area is 110 Å². The summed E-state index contributed by atoms with van der Waals surface area (Å²) >= 11 is 0. The van der Waals surface area contributed by atoms with Crippen molar-refractivity contribution in [1.29, 1.82) is 0 Å². The van der Waals surface area contributed by atoms with Crippen molar-refractivity contribution < 1.29 is 4.79 Å². The van der Waals surface area contributed by atoms with Gasteiger partial charge >= 0.3 is 0 Å². The number of hydrogen-bond acceptors (Lipinski definition) is 3. The summed E-state index contributed by atoms with van der Waals surface area (Å²) in [5.74, 6) is -0.136. The van der Waals surface area contributed by atoms with Gasteiger partial charge in [0.05, 0.1) is 17.1 Å². The summed E-state index contributed by atoms with van der Waals surface area (Å²) in [6.45, 7) is 4.03. The molecule has 2 N–H and O–H groups in total. The van der Waals surface area contributed by atoms with Crippen molar-refractivity contribution in [3.05, 3.63) is 46.1 Å². The highest BCUT2D eigenvalue weighted by atomic mass is 16.1. The number of H-pyrrole nitrogens is 1. The molecule has 0 aliphatic rings. The number of nitrogens with zero attached hydrogens (tertiary/aromatic N) is 2. The van der Waals surface area contributed by atoms with Gasteiger partial charge in [-0.2, -0.15) is 5.10 Å². The van der Waals surface area contributed by atoms with Gasteiger partial charge in [-0.15, -0.1) is 0 Å². The van der Waals surface area contributed by atoms with E-state index in [2.05, 4.69) is 15.5 Å². The molecule has 0 saturated heterocycles. The van der Waals surface area contributed by atoms with Crippen LogP contribution in [0.3, 0.4) is 0 Å². The van der Waals surface area contributed by atoms with Gasteiger partial charge in [0.25, 0.3) is 5.56 Å². The second kappa shape index (κ2) is 5.51. The van der Waals surface area contributed by atoms with Crippen LogP contribution in [-0.2, 0) is 11.3 Å². The van der Waals surface area contributed by atoms with Crippen LogP contribution in [0.25, 0.3) is 0 Å². The summed E-state index contributed by atoms with van der Waals surface area (Å²) in [5, 5.41) is 9.61. The normalized spacial score (nSPS) is 10.4. The Hall–Kier alpha value is -2.37. The van der Waals surface area contributed by atoms with Crippen LogP contribution in [0.1, 0.15) is 17.8 Å². The van der Waals surface area contributed by atoms with Crippen LogP contribution in [-0.4, -0.2) is 20.7 Å². The van der Waals surface area contributed by atoms with Gasteiger partial charge in [0, 0.05) is 25.2 Å². The van der Waals surface area contributed by atoms with Crippen molar-refractivity contribution in [1.82, 2.24) is 14.8 Å². The van der Waals surface area contributed by atoms with Gasteiger partial charge in [0.15, 0.2) is 0 Å². The molecular formula is C13H16N4O2. The number of hydrogen-bond donors (Lipinski definition) is 2. The number of nitrogens with one attached hydrogen (secondary N) is 2. The first-order valence-electron chi connectivity index (χ1n) is 6.05. The highest BCUT2D eigenvalue weighted by Gasteiger charge is 2.10. The number of rotatable bonds is 4. The molecule has 1 amide bonds. The molecule has 0 atom stereocenters. The maximum absolute atomic E-state index is 11.8. The minimum Gasteiger partial charge on any atom is -0.323 e. The Morgan fingerprint density at radius 1 is 1.42 bits per heavy atom. The summed E-state index contributed by atoms with van der Waals surface area (Å²) in [6.07, 6.45) is 1.91. The van der Waals surface area contributed by atoms with Gasteiger partial charge in [-0.3, -0.25) is 14.7 Å². The van der Waals surface area contributed by atoms with Crippen LogP contribution < -0.4 is 10.9 Å². The van der Waals surface area contributed by atoms with E-state index < -0.39 is 0 Å². The molecule has 2 heterocycles. The zero-order valence-electron chi connectivity index (χ0n) is 10.9. The maximum Gasteiger partial charge on any atom is 0.250 e. The molecule has 0 bridgehead atoms. The van der Waals surface area contributed by atoms with E-state index in [0.29, 0.717) is 12.2 Å². The van der Waals surface area contributed by atoms with Crippen LogP contribution in [0.4, 0.5) is 5.69 Å². The summed E-state index contributed by atoms with van der Waals surface area (Å²) in [6, 6.07) is 4.92. The quantitative estimate of drug-likeness (QED) is 0.867. The van der Waals surface area contributed by atoms with E-state index in [4.69, 9.17) is 0 Å². The summed E-state index contributed by atoms with van der Waals surface area (Å²) in [5.41, 5.74) is 2.18. The number of aryl methyl sites for hydroxylation is 3. The largest absolute Gasteiger partial charge is 0.323 e. The Morgan fingerprint density at radius 3 is 2.84 bits per heavy atom. The number of aromatic amines is 1. The Balaban J connectivity index is 1.96. The van der Waals surface area contributed by atoms with Crippen LogP contribution in [0.5, 0.6) is 0 Å².